The molecule has 0 aliphatic rings. The van der Waals surface area contributed by atoms with Crippen LogP contribution < -0.4 is 5.32 Å². The average molecular weight is 360 g/mol. The highest BCUT2D eigenvalue weighted by Gasteiger charge is 2.20. The lowest BCUT2D eigenvalue weighted by Gasteiger charge is -2.17. The van der Waals surface area contributed by atoms with E-state index >= 15 is 0 Å². The van der Waals surface area contributed by atoms with Gasteiger partial charge >= 0.3 is 0 Å². The van der Waals surface area contributed by atoms with E-state index in [9.17, 15) is 13.2 Å². The van der Waals surface area contributed by atoms with Crippen LogP contribution in [0.15, 0.2) is 59.5 Å². The molecule has 0 fully saturated rings. The molecule has 25 heavy (non-hydrogen) atoms. The van der Waals surface area contributed by atoms with Crippen molar-refractivity contribution in [2.75, 3.05) is 20.1 Å². The first-order chi connectivity index (χ1) is 11.9. The van der Waals surface area contributed by atoms with Gasteiger partial charge in [-0.25, -0.2) is 12.7 Å². The number of amides is 1. The summed E-state index contributed by atoms with van der Waals surface area (Å²) in [7, 11) is -2.06. The third-order valence-electron chi connectivity index (χ3n) is 3.96. The molecule has 0 radical (unpaired) electrons. The minimum atomic E-state index is -3.55. The fourth-order valence-corrected chi connectivity index (χ4v) is 3.53. The standard InChI is InChI=1S/C19H24N2O3S/c1-16-8-10-17(11-9-16)12-14-20-19(22)13-15-21(2)25(23,24)18-6-4-3-5-7-18/h3-11H,12-15H2,1-2H3,(H,20,22). The highest BCUT2D eigenvalue weighted by atomic mass is 32.2. The molecule has 1 amide bonds. The monoisotopic (exact) mass is 360 g/mol. The number of sulfonamides is 1. The molecule has 0 aliphatic heterocycles. The Labute approximate surface area is 149 Å². The number of nitrogens with zero attached hydrogens (tertiary/aromatic N) is 1. The molecule has 0 aromatic heterocycles. The van der Waals surface area contributed by atoms with Crippen LogP contribution in [0.3, 0.4) is 0 Å². The Morgan fingerprint density at radius 3 is 2.32 bits per heavy atom. The SMILES string of the molecule is Cc1ccc(CCNC(=O)CCN(C)S(=O)(=O)c2ccccc2)cc1. The van der Waals surface area contributed by atoms with Gasteiger partial charge in [-0.1, -0.05) is 48.0 Å². The number of hydrogen-bond acceptors (Lipinski definition) is 3. The van der Waals surface area contributed by atoms with E-state index in [1.807, 2.05) is 31.2 Å². The quantitative estimate of drug-likeness (QED) is 0.786. The van der Waals surface area contributed by atoms with Gasteiger partial charge in [0, 0.05) is 26.6 Å². The molecule has 5 nitrogen and oxygen atoms in total. The number of carbonyl (C=O) groups excluding carboxylic acids is 1. The second kappa shape index (κ2) is 8.78. The summed E-state index contributed by atoms with van der Waals surface area (Å²) in [6.07, 6.45) is 0.890. The van der Waals surface area contributed by atoms with E-state index in [0.29, 0.717) is 6.54 Å². The maximum absolute atomic E-state index is 12.4. The van der Waals surface area contributed by atoms with Crippen molar-refractivity contribution in [3.63, 3.8) is 0 Å². The molecule has 2 aromatic rings. The van der Waals surface area contributed by atoms with Crippen molar-refractivity contribution in [3.8, 4) is 0 Å². The summed E-state index contributed by atoms with van der Waals surface area (Å²) >= 11 is 0. The van der Waals surface area contributed by atoms with Crippen LogP contribution in [0.1, 0.15) is 17.5 Å². The van der Waals surface area contributed by atoms with Gasteiger partial charge in [0.05, 0.1) is 4.90 Å². The Balaban J connectivity index is 1.76. The van der Waals surface area contributed by atoms with Crippen LogP contribution in [0.2, 0.25) is 0 Å². The van der Waals surface area contributed by atoms with E-state index in [0.717, 1.165) is 12.0 Å². The first kappa shape index (κ1) is 19.1. The molecular weight excluding hydrogens is 336 g/mol. The molecular formula is C19H24N2O3S. The summed E-state index contributed by atoms with van der Waals surface area (Å²) in [4.78, 5) is 12.2. The van der Waals surface area contributed by atoms with Crippen LogP contribution >= 0.6 is 0 Å². The van der Waals surface area contributed by atoms with Gasteiger partial charge in [0.2, 0.25) is 15.9 Å². The number of rotatable bonds is 8. The molecule has 0 saturated carbocycles. The van der Waals surface area contributed by atoms with Gasteiger partial charge in [0.15, 0.2) is 0 Å². The van der Waals surface area contributed by atoms with Crippen molar-refractivity contribution >= 4 is 15.9 Å². The third kappa shape index (κ3) is 5.69. The van der Waals surface area contributed by atoms with E-state index in [2.05, 4.69) is 5.32 Å². The minimum absolute atomic E-state index is 0.135. The Hall–Kier alpha value is -2.18. The van der Waals surface area contributed by atoms with Crippen LogP contribution in [0.4, 0.5) is 0 Å². The zero-order chi connectivity index (χ0) is 18.3. The molecule has 0 atom stereocenters. The van der Waals surface area contributed by atoms with Gasteiger partial charge < -0.3 is 5.32 Å². The van der Waals surface area contributed by atoms with Crippen molar-refractivity contribution in [2.24, 2.45) is 0 Å². The predicted molar refractivity (Wildman–Crippen MR) is 98.8 cm³/mol. The predicted octanol–water partition coefficient (Wildman–Crippen LogP) is 2.36. The molecule has 0 unspecified atom stereocenters. The average Bonchev–Trinajstić information content (AvgIpc) is 2.62. The Morgan fingerprint density at radius 2 is 1.68 bits per heavy atom. The molecule has 0 saturated heterocycles. The van der Waals surface area contributed by atoms with Gasteiger partial charge in [-0.2, -0.15) is 0 Å². The molecule has 2 rings (SSSR count). The van der Waals surface area contributed by atoms with E-state index in [1.165, 1.54) is 16.9 Å². The number of carbonyl (C=O) groups is 1. The Morgan fingerprint density at radius 1 is 1.04 bits per heavy atom. The third-order valence-corrected chi connectivity index (χ3v) is 5.83. The summed E-state index contributed by atoms with van der Waals surface area (Å²) in [5, 5.41) is 2.83. The Kier molecular flexibility index (Phi) is 6.73. The molecule has 1 N–H and O–H groups in total. The number of nitrogens with one attached hydrogen (secondary N) is 1. The highest BCUT2D eigenvalue weighted by molar-refractivity contribution is 7.89. The fraction of sp³-hybridized carbons (Fsp3) is 0.316. The lowest BCUT2D eigenvalue weighted by molar-refractivity contribution is -0.121. The van der Waals surface area contributed by atoms with Crippen molar-refractivity contribution in [1.29, 1.82) is 0 Å². The summed E-state index contributed by atoms with van der Waals surface area (Å²) < 4.78 is 25.9. The van der Waals surface area contributed by atoms with E-state index in [1.54, 1.807) is 30.3 Å². The summed E-state index contributed by atoms with van der Waals surface area (Å²) in [5.74, 6) is -0.151. The van der Waals surface area contributed by atoms with Crippen LogP contribution in [0, 0.1) is 6.92 Å². The maximum Gasteiger partial charge on any atom is 0.242 e. The molecule has 0 heterocycles. The van der Waals surface area contributed by atoms with Gasteiger partial charge in [0.1, 0.15) is 0 Å². The van der Waals surface area contributed by atoms with Gasteiger partial charge in [-0.3, -0.25) is 4.79 Å². The number of aryl methyl sites for hydroxylation is 1. The van der Waals surface area contributed by atoms with Crippen molar-refractivity contribution in [1.82, 2.24) is 9.62 Å². The summed E-state index contributed by atoms with van der Waals surface area (Å²) in [5.41, 5.74) is 2.37. The molecule has 0 spiro atoms. The zero-order valence-corrected chi connectivity index (χ0v) is 15.4. The summed E-state index contributed by atoms with van der Waals surface area (Å²) in [6.45, 7) is 2.72. The van der Waals surface area contributed by atoms with Gasteiger partial charge in [-0.15, -0.1) is 0 Å². The largest absolute Gasteiger partial charge is 0.356 e. The van der Waals surface area contributed by atoms with Gasteiger partial charge in [-0.05, 0) is 31.0 Å². The lowest BCUT2D eigenvalue weighted by atomic mass is 10.1. The number of hydrogen-bond donors (Lipinski definition) is 1. The first-order valence-electron chi connectivity index (χ1n) is 8.23. The summed E-state index contributed by atoms with van der Waals surface area (Å²) in [6, 6.07) is 16.4. The minimum Gasteiger partial charge on any atom is -0.356 e. The molecule has 0 aliphatic carbocycles. The first-order valence-corrected chi connectivity index (χ1v) is 9.67. The second-order valence-corrected chi connectivity index (χ2v) is 8.02. The van der Waals surface area contributed by atoms with Crippen LogP contribution in [0.5, 0.6) is 0 Å². The maximum atomic E-state index is 12.4. The highest BCUT2D eigenvalue weighted by Crippen LogP contribution is 2.13. The molecule has 6 heteroatoms. The fourth-order valence-electron chi connectivity index (χ4n) is 2.34. The lowest BCUT2D eigenvalue weighted by Crippen LogP contribution is -2.33. The zero-order valence-electron chi connectivity index (χ0n) is 14.6. The molecule has 0 bridgehead atoms. The smallest absolute Gasteiger partial charge is 0.242 e. The van der Waals surface area contributed by atoms with Crippen molar-refractivity contribution < 1.29 is 13.2 Å². The van der Waals surface area contributed by atoms with Crippen molar-refractivity contribution in [3.05, 3.63) is 65.7 Å². The van der Waals surface area contributed by atoms with Crippen LogP contribution in [-0.2, 0) is 21.2 Å². The topological polar surface area (TPSA) is 66.5 Å². The number of benzene rings is 2. The van der Waals surface area contributed by atoms with Crippen molar-refractivity contribution in [2.45, 2.75) is 24.7 Å². The normalized spacial score (nSPS) is 11.5. The van der Waals surface area contributed by atoms with Gasteiger partial charge in [0.25, 0.3) is 0 Å². The molecule has 2 aromatic carbocycles. The van der Waals surface area contributed by atoms with E-state index in [4.69, 9.17) is 0 Å². The van der Waals surface area contributed by atoms with Crippen LogP contribution in [-0.4, -0.2) is 38.8 Å². The second-order valence-electron chi connectivity index (χ2n) is 5.98. The van der Waals surface area contributed by atoms with E-state index in [-0.39, 0.29) is 23.8 Å². The molecule has 134 valence electrons. The Bertz CT molecular complexity index is 787. The van der Waals surface area contributed by atoms with E-state index < -0.39 is 10.0 Å². The van der Waals surface area contributed by atoms with Crippen LogP contribution in [0.25, 0.3) is 0 Å².